The lowest BCUT2D eigenvalue weighted by atomic mass is 10.0. The number of hydrogen-bond acceptors (Lipinski definition) is 4. The van der Waals surface area contributed by atoms with Gasteiger partial charge in [-0.25, -0.2) is 8.42 Å². The average molecular weight is 611 g/mol. The molecular formula is C28H30Cl3N3O4S. The fourth-order valence-electron chi connectivity index (χ4n) is 4.02. The molecule has 3 aromatic carbocycles. The second kappa shape index (κ2) is 13.5. The number of nitrogens with zero attached hydrogens (tertiary/aromatic N) is 2. The molecule has 0 aliphatic carbocycles. The molecular weight excluding hydrogens is 581 g/mol. The van der Waals surface area contributed by atoms with Gasteiger partial charge in [0.05, 0.1) is 17.0 Å². The molecule has 0 aliphatic rings. The standard InChI is InChI=1S/C28H30Cl3N3O4S/c1-19(2)32-28(36)26(15-20-9-5-4-6-10-20)33(17-21-13-14-22(29)16-24(21)31)27(35)18-34(39(3,37)38)25-12-8-7-11-23(25)30/h4-14,16,19,26H,15,17-18H2,1-3H3,(H,32,36)/t26-/m0/s1. The van der Waals surface area contributed by atoms with Crippen LogP contribution in [0.15, 0.2) is 72.8 Å². The van der Waals surface area contributed by atoms with Gasteiger partial charge in [0.15, 0.2) is 0 Å². The molecule has 208 valence electrons. The molecule has 0 saturated carbocycles. The fourth-order valence-corrected chi connectivity index (χ4v) is 5.63. The van der Waals surface area contributed by atoms with Crippen molar-refractivity contribution in [1.29, 1.82) is 0 Å². The number of rotatable bonds is 11. The van der Waals surface area contributed by atoms with Gasteiger partial charge in [0.2, 0.25) is 21.8 Å². The van der Waals surface area contributed by atoms with Gasteiger partial charge in [0, 0.05) is 29.1 Å². The second-order valence-corrected chi connectivity index (χ2v) is 12.5. The monoisotopic (exact) mass is 609 g/mol. The highest BCUT2D eigenvalue weighted by atomic mass is 35.5. The summed E-state index contributed by atoms with van der Waals surface area (Å²) < 4.78 is 26.6. The number of para-hydroxylation sites is 1. The highest BCUT2D eigenvalue weighted by Gasteiger charge is 2.34. The molecule has 0 saturated heterocycles. The summed E-state index contributed by atoms with van der Waals surface area (Å²) in [6.45, 7) is 3.01. The molecule has 3 rings (SSSR count). The van der Waals surface area contributed by atoms with Gasteiger partial charge < -0.3 is 10.2 Å². The number of carbonyl (C=O) groups excluding carboxylic acids is 2. The highest BCUT2D eigenvalue weighted by molar-refractivity contribution is 7.92. The molecule has 0 aromatic heterocycles. The van der Waals surface area contributed by atoms with E-state index in [0.717, 1.165) is 16.1 Å². The van der Waals surface area contributed by atoms with Crippen molar-refractivity contribution >= 4 is 62.3 Å². The first-order valence-corrected chi connectivity index (χ1v) is 15.1. The van der Waals surface area contributed by atoms with Crippen molar-refractivity contribution in [3.8, 4) is 0 Å². The van der Waals surface area contributed by atoms with E-state index in [1.54, 1.807) is 36.4 Å². The maximum absolute atomic E-state index is 14.0. The molecule has 0 fully saturated rings. The molecule has 0 radical (unpaired) electrons. The number of benzene rings is 3. The van der Waals surface area contributed by atoms with Crippen molar-refractivity contribution in [3.63, 3.8) is 0 Å². The summed E-state index contributed by atoms with van der Waals surface area (Å²) in [5.74, 6) is -0.984. The zero-order chi connectivity index (χ0) is 28.7. The largest absolute Gasteiger partial charge is 0.352 e. The molecule has 39 heavy (non-hydrogen) atoms. The maximum atomic E-state index is 14.0. The van der Waals surface area contributed by atoms with Crippen molar-refractivity contribution in [2.45, 2.75) is 38.9 Å². The van der Waals surface area contributed by atoms with Crippen molar-refractivity contribution in [2.75, 3.05) is 17.1 Å². The molecule has 3 aromatic rings. The van der Waals surface area contributed by atoms with Gasteiger partial charge in [0.1, 0.15) is 12.6 Å². The van der Waals surface area contributed by atoms with Crippen LogP contribution in [0.5, 0.6) is 0 Å². The minimum absolute atomic E-state index is 0.0576. The lowest BCUT2D eigenvalue weighted by Crippen LogP contribution is -2.54. The normalized spacial score (nSPS) is 12.2. The Hall–Kier alpha value is -2.78. The third kappa shape index (κ3) is 8.60. The molecule has 11 heteroatoms. The Labute approximate surface area is 244 Å². The predicted molar refractivity (Wildman–Crippen MR) is 158 cm³/mol. The Morgan fingerprint density at radius 3 is 2.13 bits per heavy atom. The van der Waals surface area contributed by atoms with Crippen LogP contribution >= 0.6 is 34.8 Å². The van der Waals surface area contributed by atoms with Crippen molar-refractivity contribution in [1.82, 2.24) is 10.2 Å². The first-order chi connectivity index (χ1) is 18.4. The maximum Gasteiger partial charge on any atom is 0.244 e. The smallest absolute Gasteiger partial charge is 0.244 e. The lowest BCUT2D eigenvalue weighted by Gasteiger charge is -2.34. The van der Waals surface area contributed by atoms with Crippen LogP contribution < -0.4 is 9.62 Å². The summed E-state index contributed by atoms with van der Waals surface area (Å²) in [5, 5.41) is 3.79. The van der Waals surface area contributed by atoms with Crippen LogP contribution in [0.2, 0.25) is 15.1 Å². The highest BCUT2D eigenvalue weighted by Crippen LogP contribution is 2.28. The molecule has 0 heterocycles. The molecule has 1 N–H and O–H groups in total. The fraction of sp³-hybridized carbons (Fsp3) is 0.286. The number of sulfonamides is 1. The number of halogens is 3. The average Bonchev–Trinajstić information content (AvgIpc) is 2.85. The van der Waals surface area contributed by atoms with Crippen LogP contribution in [0.4, 0.5) is 5.69 Å². The number of carbonyl (C=O) groups is 2. The van der Waals surface area contributed by atoms with Gasteiger partial charge in [0.25, 0.3) is 0 Å². The lowest BCUT2D eigenvalue weighted by molar-refractivity contribution is -0.140. The number of nitrogens with one attached hydrogen (secondary N) is 1. The summed E-state index contributed by atoms with van der Waals surface area (Å²) in [7, 11) is -3.92. The zero-order valence-corrected chi connectivity index (χ0v) is 24.9. The number of amides is 2. The summed E-state index contributed by atoms with van der Waals surface area (Å²) in [5.41, 5.74) is 1.53. The summed E-state index contributed by atoms with van der Waals surface area (Å²) in [6, 6.07) is 19.3. The molecule has 2 amide bonds. The Morgan fingerprint density at radius 1 is 0.897 bits per heavy atom. The van der Waals surface area contributed by atoms with E-state index in [1.807, 2.05) is 44.2 Å². The van der Waals surface area contributed by atoms with Crippen molar-refractivity contribution in [3.05, 3.63) is 99.0 Å². The zero-order valence-electron chi connectivity index (χ0n) is 21.8. The SMILES string of the molecule is CC(C)NC(=O)[C@H](Cc1ccccc1)N(Cc1ccc(Cl)cc1Cl)C(=O)CN(c1ccccc1Cl)S(C)(=O)=O. The first kappa shape index (κ1) is 30.8. The van der Waals surface area contributed by atoms with Gasteiger partial charge in [-0.15, -0.1) is 0 Å². The first-order valence-electron chi connectivity index (χ1n) is 12.2. The van der Waals surface area contributed by atoms with E-state index in [0.29, 0.717) is 15.6 Å². The minimum Gasteiger partial charge on any atom is -0.352 e. The third-order valence-electron chi connectivity index (χ3n) is 5.86. The van der Waals surface area contributed by atoms with Crippen molar-refractivity contribution < 1.29 is 18.0 Å². The molecule has 0 aliphatic heterocycles. The van der Waals surface area contributed by atoms with E-state index >= 15 is 0 Å². The number of anilines is 1. The van der Waals surface area contributed by atoms with Crippen LogP contribution in [0, 0.1) is 0 Å². The molecule has 0 unspecified atom stereocenters. The van der Waals surface area contributed by atoms with E-state index in [2.05, 4.69) is 5.32 Å². The summed E-state index contributed by atoms with van der Waals surface area (Å²) >= 11 is 18.8. The van der Waals surface area contributed by atoms with Crippen molar-refractivity contribution in [2.24, 2.45) is 0 Å². The van der Waals surface area contributed by atoms with Crippen LogP contribution in [-0.4, -0.2) is 50.0 Å². The molecule has 1 atom stereocenters. The minimum atomic E-state index is -3.92. The van der Waals surface area contributed by atoms with Crippen LogP contribution in [0.3, 0.4) is 0 Å². The summed E-state index contributed by atoms with van der Waals surface area (Å²) in [4.78, 5) is 28.9. The van der Waals surface area contributed by atoms with Gasteiger partial charge in [-0.1, -0.05) is 83.3 Å². The van der Waals surface area contributed by atoms with E-state index in [1.165, 1.54) is 11.0 Å². The van der Waals surface area contributed by atoms with Gasteiger partial charge in [-0.2, -0.15) is 0 Å². The van der Waals surface area contributed by atoms with Gasteiger partial charge >= 0.3 is 0 Å². The van der Waals surface area contributed by atoms with E-state index < -0.39 is 28.5 Å². The molecule has 0 bridgehead atoms. The Balaban J connectivity index is 2.09. The predicted octanol–water partition coefficient (Wildman–Crippen LogP) is 5.58. The number of hydrogen-bond donors (Lipinski definition) is 1. The van der Waals surface area contributed by atoms with Crippen LogP contribution in [0.25, 0.3) is 0 Å². The summed E-state index contributed by atoms with van der Waals surface area (Å²) in [6.07, 6.45) is 1.19. The topological polar surface area (TPSA) is 86.8 Å². The van der Waals surface area contributed by atoms with Gasteiger partial charge in [-0.3, -0.25) is 13.9 Å². The van der Waals surface area contributed by atoms with Crippen LogP contribution in [0.1, 0.15) is 25.0 Å². The Bertz CT molecular complexity index is 1420. The molecule has 0 spiro atoms. The van der Waals surface area contributed by atoms with E-state index in [-0.39, 0.29) is 35.6 Å². The third-order valence-corrected chi connectivity index (χ3v) is 7.89. The van der Waals surface area contributed by atoms with Crippen LogP contribution in [-0.2, 0) is 32.6 Å². The second-order valence-electron chi connectivity index (χ2n) is 9.35. The quantitative estimate of drug-likeness (QED) is 0.307. The molecule has 7 nitrogen and oxygen atoms in total. The van der Waals surface area contributed by atoms with E-state index in [4.69, 9.17) is 34.8 Å². The Morgan fingerprint density at radius 2 is 1.54 bits per heavy atom. The van der Waals surface area contributed by atoms with Gasteiger partial charge in [-0.05, 0) is 49.2 Å². The van der Waals surface area contributed by atoms with E-state index in [9.17, 15) is 18.0 Å². The Kier molecular flexibility index (Phi) is 10.7.